The molecule has 0 saturated carbocycles. The molecule has 9 heavy (non-hydrogen) atoms. The highest BCUT2D eigenvalue weighted by molar-refractivity contribution is 7.08. The number of thiophene rings is 1. The van der Waals surface area contributed by atoms with E-state index in [4.69, 9.17) is 5.26 Å². The molecule has 0 aliphatic heterocycles. The molecule has 0 aliphatic carbocycles. The summed E-state index contributed by atoms with van der Waals surface area (Å²) in [6, 6.07) is 3.63. The van der Waals surface area contributed by atoms with E-state index in [2.05, 4.69) is 11.8 Å². The van der Waals surface area contributed by atoms with Crippen LogP contribution in [0, 0.1) is 23.2 Å². The second-order valence-corrected chi connectivity index (χ2v) is 2.15. The van der Waals surface area contributed by atoms with E-state index in [-0.39, 0.29) is 0 Å². The summed E-state index contributed by atoms with van der Waals surface area (Å²) in [5.74, 6) is 4.99. The maximum Gasteiger partial charge on any atom is 0.152 e. The van der Waals surface area contributed by atoms with Gasteiger partial charge in [0.2, 0.25) is 0 Å². The molecule has 1 nitrogen and oxygen atoms in total. The van der Waals surface area contributed by atoms with Crippen molar-refractivity contribution in [3.05, 3.63) is 22.4 Å². The Bertz CT molecular complexity index is 268. The molecular formula is C7H3NS. The lowest BCUT2D eigenvalue weighted by Crippen LogP contribution is -1.58. The first-order valence-corrected chi connectivity index (χ1v) is 3.30. The van der Waals surface area contributed by atoms with Crippen molar-refractivity contribution >= 4 is 11.3 Å². The molecule has 0 atom stereocenters. The topological polar surface area (TPSA) is 23.8 Å². The highest BCUT2D eigenvalue weighted by atomic mass is 32.1. The quantitative estimate of drug-likeness (QED) is 0.493. The minimum absolute atomic E-state index is 0.918. The lowest BCUT2D eigenvalue weighted by Gasteiger charge is -1.68. The molecule has 0 radical (unpaired) electrons. The number of hydrogen-bond acceptors (Lipinski definition) is 2. The van der Waals surface area contributed by atoms with E-state index in [1.165, 1.54) is 0 Å². The molecule has 0 unspecified atom stereocenters. The number of nitrogens with zero attached hydrogens (tertiary/aromatic N) is 1. The molecule has 0 amide bonds. The Kier molecular flexibility index (Phi) is 1.90. The van der Waals surface area contributed by atoms with Crippen LogP contribution in [0.4, 0.5) is 0 Å². The summed E-state index contributed by atoms with van der Waals surface area (Å²) >= 11 is 1.58. The fraction of sp³-hybridized carbons (Fsp3) is 0. The average Bonchev–Trinajstić information content (AvgIpc) is 2.34. The Hall–Kier alpha value is -1.25. The van der Waals surface area contributed by atoms with Gasteiger partial charge < -0.3 is 0 Å². The lowest BCUT2D eigenvalue weighted by molar-refractivity contribution is 1.55. The van der Waals surface area contributed by atoms with Gasteiger partial charge >= 0.3 is 0 Å². The van der Waals surface area contributed by atoms with Crippen molar-refractivity contribution in [2.24, 2.45) is 0 Å². The predicted molar refractivity (Wildman–Crippen MR) is 36.8 cm³/mol. The summed E-state index contributed by atoms with van der Waals surface area (Å²) < 4.78 is 0. The minimum Gasteiger partial charge on any atom is -0.183 e. The van der Waals surface area contributed by atoms with Gasteiger partial charge in [-0.1, -0.05) is 0 Å². The molecule has 1 rings (SSSR count). The standard InChI is InChI=1S/C7H3NS/c8-4-1-2-7-3-5-9-6-7/h3,5-6H. The van der Waals surface area contributed by atoms with Crippen LogP contribution in [0.2, 0.25) is 0 Å². The van der Waals surface area contributed by atoms with Crippen molar-refractivity contribution in [2.45, 2.75) is 0 Å². The number of rotatable bonds is 0. The molecule has 0 N–H and O–H groups in total. The van der Waals surface area contributed by atoms with Crippen LogP contribution in [0.25, 0.3) is 0 Å². The minimum atomic E-state index is 0.918. The summed E-state index contributed by atoms with van der Waals surface area (Å²) in [5.41, 5.74) is 0.918. The van der Waals surface area contributed by atoms with Gasteiger partial charge in [0, 0.05) is 16.9 Å². The summed E-state index contributed by atoms with van der Waals surface area (Å²) in [6.07, 6.45) is 0. The lowest BCUT2D eigenvalue weighted by atomic mass is 10.3. The molecule has 0 spiro atoms. The molecule has 0 bridgehead atoms. The molecule has 0 saturated heterocycles. The number of nitriles is 1. The molecule has 2 heteroatoms. The fourth-order valence-electron chi connectivity index (χ4n) is 0.436. The maximum absolute atomic E-state index is 8.04. The molecule has 1 aromatic heterocycles. The van der Waals surface area contributed by atoms with Crippen molar-refractivity contribution < 1.29 is 0 Å². The van der Waals surface area contributed by atoms with Gasteiger partial charge in [0.15, 0.2) is 6.07 Å². The van der Waals surface area contributed by atoms with Crippen LogP contribution in [-0.4, -0.2) is 0 Å². The van der Waals surface area contributed by atoms with Crippen LogP contribution in [0.15, 0.2) is 16.8 Å². The van der Waals surface area contributed by atoms with Crippen molar-refractivity contribution in [1.82, 2.24) is 0 Å². The van der Waals surface area contributed by atoms with E-state index < -0.39 is 0 Å². The van der Waals surface area contributed by atoms with E-state index in [1.807, 2.05) is 16.8 Å². The summed E-state index contributed by atoms with van der Waals surface area (Å²) in [4.78, 5) is 0. The van der Waals surface area contributed by atoms with Crippen LogP contribution >= 0.6 is 11.3 Å². The van der Waals surface area contributed by atoms with Gasteiger partial charge in [0.1, 0.15) is 0 Å². The molecular weight excluding hydrogens is 130 g/mol. The second-order valence-electron chi connectivity index (χ2n) is 1.37. The Labute approximate surface area is 57.6 Å². The van der Waals surface area contributed by atoms with Crippen molar-refractivity contribution in [1.29, 1.82) is 5.26 Å². The largest absolute Gasteiger partial charge is 0.183 e. The zero-order valence-electron chi connectivity index (χ0n) is 4.59. The van der Waals surface area contributed by atoms with Gasteiger partial charge in [0.05, 0.1) is 0 Å². The molecule has 0 aromatic carbocycles. The third-order valence-electron chi connectivity index (χ3n) is 0.784. The van der Waals surface area contributed by atoms with Gasteiger partial charge in [-0.2, -0.15) is 16.6 Å². The predicted octanol–water partition coefficient (Wildman–Crippen LogP) is 1.62. The van der Waals surface area contributed by atoms with Crippen molar-refractivity contribution in [3.63, 3.8) is 0 Å². The normalized spacial score (nSPS) is 7.00. The van der Waals surface area contributed by atoms with Crippen molar-refractivity contribution in [2.75, 3.05) is 0 Å². The van der Waals surface area contributed by atoms with E-state index in [1.54, 1.807) is 17.4 Å². The van der Waals surface area contributed by atoms with E-state index >= 15 is 0 Å². The van der Waals surface area contributed by atoms with Gasteiger partial charge in [-0.3, -0.25) is 0 Å². The number of hydrogen-bond donors (Lipinski definition) is 0. The molecule has 0 fully saturated rings. The summed E-state index contributed by atoms with van der Waals surface area (Å²) in [7, 11) is 0. The average molecular weight is 133 g/mol. The summed E-state index contributed by atoms with van der Waals surface area (Å²) in [6.45, 7) is 0. The molecule has 42 valence electrons. The Balaban J connectivity index is 2.82. The van der Waals surface area contributed by atoms with E-state index in [9.17, 15) is 0 Å². The maximum atomic E-state index is 8.04. The third-order valence-corrected chi connectivity index (χ3v) is 1.47. The van der Waals surface area contributed by atoms with Crippen molar-refractivity contribution in [3.8, 4) is 17.9 Å². The zero-order chi connectivity index (χ0) is 6.53. The SMILES string of the molecule is N#CC#Cc1ccsc1. The van der Waals surface area contributed by atoms with Gasteiger partial charge in [0.25, 0.3) is 0 Å². The van der Waals surface area contributed by atoms with Crippen LogP contribution in [0.3, 0.4) is 0 Å². The van der Waals surface area contributed by atoms with E-state index in [0.29, 0.717) is 0 Å². The summed E-state index contributed by atoms with van der Waals surface area (Å²) in [5, 5.41) is 11.9. The Morgan fingerprint density at radius 1 is 1.56 bits per heavy atom. The molecule has 0 aliphatic rings. The highest BCUT2D eigenvalue weighted by Crippen LogP contribution is 2.02. The second kappa shape index (κ2) is 2.91. The third kappa shape index (κ3) is 1.60. The van der Waals surface area contributed by atoms with Crippen LogP contribution in [0.1, 0.15) is 5.56 Å². The van der Waals surface area contributed by atoms with Gasteiger partial charge in [-0.05, 0) is 17.4 Å². The first kappa shape index (κ1) is 5.88. The smallest absolute Gasteiger partial charge is 0.152 e. The zero-order valence-corrected chi connectivity index (χ0v) is 5.40. The van der Waals surface area contributed by atoms with E-state index in [0.717, 1.165) is 5.56 Å². The van der Waals surface area contributed by atoms with Crippen LogP contribution < -0.4 is 0 Å². The molecule has 1 heterocycles. The first-order chi connectivity index (χ1) is 4.43. The Morgan fingerprint density at radius 3 is 3.00 bits per heavy atom. The Morgan fingerprint density at radius 2 is 2.44 bits per heavy atom. The highest BCUT2D eigenvalue weighted by Gasteiger charge is 1.81. The first-order valence-electron chi connectivity index (χ1n) is 2.36. The van der Waals surface area contributed by atoms with Crippen LogP contribution in [0.5, 0.6) is 0 Å². The van der Waals surface area contributed by atoms with Gasteiger partial charge in [-0.25, -0.2) is 0 Å². The fourth-order valence-corrected chi connectivity index (χ4v) is 1.02. The molecule has 1 aromatic rings. The van der Waals surface area contributed by atoms with Gasteiger partial charge in [-0.15, -0.1) is 0 Å². The monoisotopic (exact) mass is 133 g/mol. The van der Waals surface area contributed by atoms with Crippen LogP contribution in [-0.2, 0) is 0 Å².